The molecule has 0 atom stereocenters. The minimum absolute atomic E-state index is 0.0834. The number of carbonyl (C=O) groups is 1. The third kappa shape index (κ3) is 4.34. The van der Waals surface area contributed by atoms with E-state index in [1.165, 1.54) is 0 Å². The lowest BCUT2D eigenvalue weighted by Gasteiger charge is -2.33. The number of hydrogen-bond acceptors (Lipinski definition) is 4. The maximum Gasteiger partial charge on any atom is 0.321 e. The van der Waals surface area contributed by atoms with E-state index in [4.69, 9.17) is 6.42 Å². The molecule has 0 unspecified atom stereocenters. The van der Waals surface area contributed by atoms with Crippen molar-refractivity contribution in [1.82, 2.24) is 19.8 Å². The summed E-state index contributed by atoms with van der Waals surface area (Å²) < 4.78 is 0. The van der Waals surface area contributed by atoms with Gasteiger partial charge in [-0.25, -0.2) is 14.8 Å². The van der Waals surface area contributed by atoms with E-state index in [1.807, 2.05) is 42.2 Å². The van der Waals surface area contributed by atoms with Crippen LogP contribution >= 0.6 is 0 Å². The Labute approximate surface area is 147 Å². The van der Waals surface area contributed by atoms with Crippen LogP contribution in [-0.4, -0.2) is 58.5 Å². The first-order chi connectivity index (χ1) is 12.2. The van der Waals surface area contributed by atoms with Crippen molar-refractivity contribution in [2.75, 3.05) is 38.0 Å². The van der Waals surface area contributed by atoms with Gasteiger partial charge in [0.25, 0.3) is 0 Å². The van der Waals surface area contributed by atoms with Gasteiger partial charge < -0.3 is 10.2 Å². The van der Waals surface area contributed by atoms with E-state index < -0.39 is 0 Å². The lowest BCUT2D eigenvalue weighted by molar-refractivity contribution is 0.157. The Morgan fingerprint density at radius 3 is 2.56 bits per heavy atom. The number of rotatable bonds is 3. The van der Waals surface area contributed by atoms with Crippen LogP contribution in [0.2, 0.25) is 0 Å². The van der Waals surface area contributed by atoms with Gasteiger partial charge in [0.1, 0.15) is 0 Å². The van der Waals surface area contributed by atoms with Gasteiger partial charge in [-0.1, -0.05) is 5.92 Å². The highest BCUT2D eigenvalue weighted by molar-refractivity contribution is 5.89. The number of piperazine rings is 1. The van der Waals surface area contributed by atoms with Crippen molar-refractivity contribution in [2.45, 2.75) is 6.92 Å². The number of carbonyl (C=O) groups excluding carboxylic acids is 1. The molecule has 25 heavy (non-hydrogen) atoms. The Hall–Kier alpha value is -2.91. The first kappa shape index (κ1) is 16.9. The summed E-state index contributed by atoms with van der Waals surface area (Å²) in [6.45, 7) is 5.55. The fourth-order valence-corrected chi connectivity index (χ4v) is 2.73. The molecule has 1 aromatic carbocycles. The molecule has 2 amide bonds. The lowest BCUT2D eigenvalue weighted by atomic mass is 10.2. The van der Waals surface area contributed by atoms with Crippen LogP contribution in [0, 0.1) is 19.3 Å². The monoisotopic (exact) mass is 335 g/mol. The van der Waals surface area contributed by atoms with Crippen LogP contribution in [-0.2, 0) is 0 Å². The van der Waals surface area contributed by atoms with Gasteiger partial charge in [0.05, 0.1) is 6.54 Å². The molecule has 2 heterocycles. The maximum atomic E-state index is 12.4. The molecule has 0 aliphatic carbocycles. The van der Waals surface area contributed by atoms with E-state index in [2.05, 4.69) is 26.1 Å². The Bertz CT molecular complexity index is 773. The zero-order valence-corrected chi connectivity index (χ0v) is 14.3. The minimum Gasteiger partial charge on any atom is -0.322 e. The summed E-state index contributed by atoms with van der Waals surface area (Å²) in [4.78, 5) is 25.0. The maximum absolute atomic E-state index is 12.4. The molecular weight excluding hydrogens is 314 g/mol. The molecule has 6 heteroatoms. The first-order valence-corrected chi connectivity index (χ1v) is 8.27. The highest BCUT2D eigenvalue weighted by Gasteiger charge is 2.20. The zero-order chi connectivity index (χ0) is 17.6. The number of nitrogens with one attached hydrogen (secondary N) is 1. The molecule has 1 N–H and O–H groups in total. The van der Waals surface area contributed by atoms with Crippen molar-refractivity contribution in [3.05, 3.63) is 42.2 Å². The summed E-state index contributed by atoms with van der Waals surface area (Å²) in [5.74, 6) is 3.32. The third-order valence-electron chi connectivity index (χ3n) is 4.16. The van der Waals surface area contributed by atoms with Gasteiger partial charge in [0.15, 0.2) is 5.82 Å². The Kier molecular flexibility index (Phi) is 5.26. The highest BCUT2D eigenvalue weighted by atomic mass is 16.2. The Morgan fingerprint density at radius 2 is 1.92 bits per heavy atom. The predicted octanol–water partition coefficient (Wildman–Crippen LogP) is 2.23. The second kappa shape index (κ2) is 7.77. The number of amides is 2. The van der Waals surface area contributed by atoms with Crippen LogP contribution in [0.5, 0.6) is 0 Å². The SMILES string of the molecule is C#CCN1CCN(C(=O)Nc2ccc(-c3nccc(C)n3)cc2)CC1. The van der Waals surface area contributed by atoms with Crippen molar-refractivity contribution in [2.24, 2.45) is 0 Å². The molecule has 1 aliphatic heterocycles. The summed E-state index contributed by atoms with van der Waals surface area (Å²) in [6.07, 6.45) is 7.07. The number of nitrogens with zero attached hydrogens (tertiary/aromatic N) is 4. The van der Waals surface area contributed by atoms with Crippen molar-refractivity contribution in [1.29, 1.82) is 0 Å². The largest absolute Gasteiger partial charge is 0.322 e. The molecule has 1 aromatic heterocycles. The van der Waals surface area contributed by atoms with Crippen LogP contribution in [0.3, 0.4) is 0 Å². The number of urea groups is 1. The van der Waals surface area contributed by atoms with E-state index in [-0.39, 0.29) is 6.03 Å². The fourth-order valence-electron chi connectivity index (χ4n) is 2.73. The molecule has 1 saturated heterocycles. The van der Waals surface area contributed by atoms with Gasteiger partial charge in [-0.2, -0.15) is 0 Å². The molecule has 0 saturated carbocycles. The van der Waals surface area contributed by atoms with Gasteiger partial charge in [0.2, 0.25) is 0 Å². The average Bonchev–Trinajstić information content (AvgIpc) is 2.63. The summed E-state index contributed by atoms with van der Waals surface area (Å²) in [5.41, 5.74) is 2.60. The molecule has 3 rings (SSSR count). The zero-order valence-electron chi connectivity index (χ0n) is 14.3. The molecule has 2 aromatic rings. The van der Waals surface area contributed by atoms with Crippen molar-refractivity contribution < 1.29 is 4.79 Å². The molecule has 1 aliphatic rings. The van der Waals surface area contributed by atoms with Gasteiger partial charge in [-0.15, -0.1) is 6.42 Å². The number of hydrogen-bond donors (Lipinski definition) is 1. The third-order valence-corrected chi connectivity index (χ3v) is 4.16. The standard InChI is InChI=1S/C19H21N5O/c1-3-10-23-11-13-24(14-12-23)19(25)22-17-6-4-16(5-7-17)18-20-9-8-15(2)21-18/h1,4-9H,10-14H2,2H3,(H,22,25). The van der Waals surface area contributed by atoms with Crippen LogP contribution in [0.1, 0.15) is 5.69 Å². The number of aryl methyl sites for hydroxylation is 1. The summed E-state index contributed by atoms with van der Waals surface area (Å²) in [5, 5.41) is 2.94. The van der Waals surface area contributed by atoms with Crippen LogP contribution in [0.15, 0.2) is 36.5 Å². The molecule has 128 valence electrons. The predicted molar refractivity (Wildman–Crippen MR) is 98.1 cm³/mol. The Morgan fingerprint density at radius 1 is 1.20 bits per heavy atom. The molecule has 0 radical (unpaired) electrons. The minimum atomic E-state index is -0.0834. The van der Waals surface area contributed by atoms with Crippen LogP contribution < -0.4 is 5.32 Å². The molecule has 6 nitrogen and oxygen atoms in total. The Balaban J connectivity index is 1.58. The summed E-state index contributed by atoms with van der Waals surface area (Å²) in [7, 11) is 0. The topological polar surface area (TPSA) is 61.4 Å². The van der Waals surface area contributed by atoms with Crippen LogP contribution in [0.25, 0.3) is 11.4 Å². The lowest BCUT2D eigenvalue weighted by Crippen LogP contribution is -2.49. The van der Waals surface area contributed by atoms with Crippen molar-refractivity contribution in [3.63, 3.8) is 0 Å². The molecule has 1 fully saturated rings. The average molecular weight is 335 g/mol. The van der Waals surface area contributed by atoms with Gasteiger partial charge in [-0.3, -0.25) is 4.90 Å². The molecule has 0 spiro atoms. The summed E-state index contributed by atoms with van der Waals surface area (Å²) in [6, 6.07) is 9.34. The van der Waals surface area contributed by atoms with E-state index >= 15 is 0 Å². The number of aromatic nitrogens is 2. The van der Waals surface area contributed by atoms with Gasteiger partial charge in [0, 0.05) is 49.3 Å². The first-order valence-electron chi connectivity index (χ1n) is 8.27. The second-order valence-corrected chi connectivity index (χ2v) is 6.00. The fraction of sp³-hybridized carbons (Fsp3) is 0.316. The normalized spacial score (nSPS) is 14.8. The number of benzene rings is 1. The number of terminal acetylenes is 1. The smallest absolute Gasteiger partial charge is 0.321 e. The van der Waals surface area contributed by atoms with Crippen molar-refractivity contribution in [3.8, 4) is 23.7 Å². The number of anilines is 1. The van der Waals surface area contributed by atoms with Gasteiger partial charge >= 0.3 is 6.03 Å². The van der Waals surface area contributed by atoms with Crippen molar-refractivity contribution >= 4 is 11.7 Å². The quantitative estimate of drug-likeness (QED) is 0.874. The van der Waals surface area contributed by atoms with E-state index in [1.54, 1.807) is 6.20 Å². The summed E-state index contributed by atoms with van der Waals surface area (Å²) >= 11 is 0. The van der Waals surface area contributed by atoms with E-state index in [9.17, 15) is 4.79 Å². The highest BCUT2D eigenvalue weighted by Crippen LogP contribution is 2.18. The van der Waals surface area contributed by atoms with Gasteiger partial charge in [-0.05, 0) is 37.3 Å². The molecule has 0 bridgehead atoms. The van der Waals surface area contributed by atoms with E-state index in [0.717, 1.165) is 30.0 Å². The van der Waals surface area contributed by atoms with Crippen LogP contribution in [0.4, 0.5) is 10.5 Å². The van der Waals surface area contributed by atoms with E-state index in [0.29, 0.717) is 25.5 Å². The second-order valence-electron chi connectivity index (χ2n) is 6.00. The molecular formula is C19H21N5O.